The fourth-order valence-corrected chi connectivity index (χ4v) is 3.54. The zero-order chi connectivity index (χ0) is 17.5. The molecule has 0 aliphatic carbocycles. The summed E-state index contributed by atoms with van der Waals surface area (Å²) in [7, 11) is 0. The third-order valence-electron chi connectivity index (χ3n) is 4.99. The fraction of sp³-hybridized carbons (Fsp3) is 0.579. The Balaban J connectivity index is 0.00000182. The third-order valence-corrected chi connectivity index (χ3v) is 4.99. The predicted octanol–water partition coefficient (Wildman–Crippen LogP) is 2.19. The van der Waals surface area contributed by atoms with Gasteiger partial charge in [-0.1, -0.05) is 24.6 Å². The Bertz CT molecular complexity index is 574. The minimum atomic E-state index is -0.0246. The molecule has 1 unspecified atom stereocenters. The number of nitrogens with one attached hydrogen (secondary N) is 3. The van der Waals surface area contributed by atoms with Crippen LogP contribution < -0.4 is 16.0 Å². The van der Waals surface area contributed by atoms with Crippen molar-refractivity contribution in [2.75, 3.05) is 31.5 Å². The van der Waals surface area contributed by atoms with E-state index >= 15 is 0 Å². The molecule has 1 aromatic rings. The van der Waals surface area contributed by atoms with E-state index in [1.54, 1.807) is 0 Å². The minimum Gasteiger partial charge on any atom is -0.352 e. The molecule has 3 rings (SSSR count). The normalized spacial score (nSPS) is 20.7. The van der Waals surface area contributed by atoms with Crippen molar-refractivity contribution < 1.29 is 9.59 Å². The molecule has 8 heteroatoms. The van der Waals surface area contributed by atoms with E-state index in [4.69, 9.17) is 0 Å². The first-order valence-corrected chi connectivity index (χ1v) is 9.32. The van der Waals surface area contributed by atoms with E-state index in [-0.39, 0.29) is 48.7 Å². The zero-order valence-electron chi connectivity index (χ0n) is 15.5. The van der Waals surface area contributed by atoms with Gasteiger partial charge >= 0.3 is 0 Å². The van der Waals surface area contributed by atoms with Gasteiger partial charge in [0.15, 0.2) is 0 Å². The average molecular weight is 417 g/mol. The van der Waals surface area contributed by atoms with E-state index in [2.05, 4.69) is 20.9 Å². The quantitative estimate of drug-likeness (QED) is 0.687. The molecule has 2 fully saturated rings. The SMILES string of the molecule is Cl.Cl.O=C(CN1CCC(NC(=O)C2CCCCN2)CC1)Nc1ccccc1. The Kier molecular flexibility index (Phi) is 10.7. The summed E-state index contributed by atoms with van der Waals surface area (Å²) in [6.07, 6.45) is 5.02. The molecule has 1 aromatic carbocycles. The zero-order valence-corrected chi connectivity index (χ0v) is 17.1. The van der Waals surface area contributed by atoms with E-state index in [1.165, 1.54) is 0 Å². The van der Waals surface area contributed by atoms with Crippen molar-refractivity contribution in [3.05, 3.63) is 30.3 Å². The second-order valence-electron chi connectivity index (χ2n) is 6.98. The van der Waals surface area contributed by atoms with Crippen molar-refractivity contribution >= 4 is 42.3 Å². The number of halogens is 2. The number of rotatable bonds is 5. The van der Waals surface area contributed by atoms with E-state index in [0.29, 0.717) is 6.54 Å². The van der Waals surface area contributed by atoms with Gasteiger partial charge in [0.05, 0.1) is 12.6 Å². The molecule has 3 N–H and O–H groups in total. The monoisotopic (exact) mass is 416 g/mol. The van der Waals surface area contributed by atoms with Crippen molar-refractivity contribution in [2.24, 2.45) is 0 Å². The number of nitrogens with zero attached hydrogens (tertiary/aromatic N) is 1. The highest BCUT2D eigenvalue weighted by Crippen LogP contribution is 2.13. The van der Waals surface area contributed by atoms with Crippen LogP contribution in [0.3, 0.4) is 0 Å². The molecule has 27 heavy (non-hydrogen) atoms. The summed E-state index contributed by atoms with van der Waals surface area (Å²) in [4.78, 5) is 26.5. The molecule has 1 atom stereocenters. The van der Waals surface area contributed by atoms with Crippen LogP contribution in [0.1, 0.15) is 32.1 Å². The molecule has 2 heterocycles. The van der Waals surface area contributed by atoms with Crippen LogP contribution in [0.2, 0.25) is 0 Å². The van der Waals surface area contributed by atoms with Crippen molar-refractivity contribution in [1.82, 2.24) is 15.5 Å². The van der Waals surface area contributed by atoms with Crippen molar-refractivity contribution in [3.8, 4) is 0 Å². The molecular formula is C19H30Cl2N4O2. The minimum absolute atomic E-state index is 0. The van der Waals surface area contributed by atoms with Gasteiger partial charge in [-0.3, -0.25) is 14.5 Å². The summed E-state index contributed by atoms with van der Waals surface area (Å²) in [6.45, 7) is 3.02. The van der Waals surface area contributed by atoms with Gasteiger partial charge in [-0.15, -0.1) is 24.8 Å². The molecule has 0 aromatic heterocycles. The Morgan fingerprint density at radius 3 is 2.37 bits per heavy atom. The second-order valence-corrected chi connectivity index (χ2v) is 6.98. The lowest BCUT2D eigenvalue weighted by atomic mass is 10.0. The van der Waals surface area contributed by atoms with Gasteiger partial charge in [0, 0.05) is 24.8 Å². The summed E-state index contributed by atoms with van der Waals surface area (Å²) >= 11 is 0. The van der Waals surface area contributed by atoms with Crippen LogP contribution in [0.5, 0.6) is 0 Å². The fourth-order valence-electron chi connectivity index (χ4n) is 3.54. The summed E-state index contributed by atoms with van der Waals surface area (Å²) in [6, 6.07) is 9.72. The molecule has 2 saturated heterocycles. The smallest absolute Gasteiger partial charge is 0.238 e. The number of benzene rings is 1. The number of hydrogen-bond acceptors (Lipinski definition) is 4. The van der Waals surface area contributed by atoms with Gasteiger partial charge in [0.1, 0.15) is 0 Å². The van der Waals surface area contributed by atoms with Crippen LogP contribution in [0.15, 0.2) is 30.3 Å². The first kappa shape index (κ1) is 23.7. The van der Waals surface area contributed by atoms with Crippen molar-refractivity contribution in [2.45, 2.75) is 44.2 Å². The highest BCUT2D eigenvalue weighted by atomic mass is 35.5. The Morgan fingerprint density at radius 2 is 1.74 bits per heavy atom. The first-order valence-electron chi connectivity index (χ1n) is 9.32. The highest BCUT2D eigenvalue weighted by Gasteiger charge is 2.26. The molecule has 0 bridgehead atoms. The lowest BCUT2D eigenvalue weighted by molar-refractivity contribution is -0.125. The van der Waals surface area contributed by atoms with Gasteiger partial charge in [0.25, 0.3) is 0 Å². The Morgan fingerprint density at radius 1 is 1.04 bits per heavy atom. The maximum Gasteiger partial charge on any atom is 0.238 e. The van der Waals surface area contributed by atoms with E-state index in [0.717, 1.165) is 57.4 Å². The highest BCUT2D eigenvalue weighted by molar-refractivity contribution is 5.92. The maximum absolute atomic E-state index is 12.3. The number of anilines is 1. The van der Waals surface area contributed by atoms with Gasteiger partial charge < -0.3 is 16.0 Å². The number of hydrogen-bond donors (Lipinski definition) is 3. The summed E-state index contributed by atoms with van der Waals surface area (Å²) in [5, 5.41) is 9.38. The molecular weight excluding hydrogens is 387 g/mol. The molecule has 0 saturated carbocycles. The molecule has 0 radical (unpaired) electrons. The number of carbonyl (C=O) groups excluding carboxylic acids is 2. The van der Waals surface area contributed by atoms with E-state index in [1.807, 2.05) is 30.3 Å². The molecule has 152 valence electrons. The topological polar surface area (TPSA) is 73.5 Å². The molecule has 2 amide bonds. The molecule has 0 spiro atoms. The first-order chi connectivity index (χ1) is 12.2. The summed E-state index contributed by atoms with van der Waals surface area (Å²) in [5.41, 5.74) is 0.828. The Hall–Kier alpha value is -1.34. The maximum atomic E-state index is 12.3. The second kappa shape index (κ2) is 12.2. The largest absolute Gasteiger partial charge is 0.352 e. The van der Waals surface area contributed by atoms with E-state index in [9.17, 15) is 9.59 Å². The third kappa shape index (κ3) is 7.66. The predicted molar refractivity (Wildman–Crippen MR) is 113 cm³/mol. The van der Waals surface area contributed by atoms with Crippen molar-refractivity contribution in [1.29, 1.82) is 0 Å². The number of carbonyl (C=O) groups is 2. The van der Waals surface area contributed by atoms with Crippen LogP contribution in [0, 0.1) is 0 Å². The van der Waals surface area contributed by atoms with Crippen LogP contribution in [-0.2, 0) is 9.59 Å². The number of likely N-dealkylation sites (tertiary alicyclic amines) is 1. The number of para-hydroxylation sites is 1. The lowest BCUT2D eigenvalue weighted by Gasteiger charge is -2.33. The number of amides is 2. The standard InChI is InChI=1S/C19H28N4O2.2ClH/c24-18(21-15-6-2-1-3-7-15)14-23-12-9-16(10-13-23)22-19(25)17-8-4-5-11-20-17;;/h1-3,6-7,16-17,20H,4-5,8-14H2,(H,21,24)(H,22,25);2*1H. The van der Waals surface area contributed by atoms with Gasteiger partial charge in [-0.2, -0.15) is 0 Å². The summed E-state index contributed by atoms with van der Waals surface area (Å²) in [5.74, 6) is 0.153. The van der Waals surface area contributed by atoms with Gasteiger partial charge in [-0.05, 0) is 44.4 Å². The van der Waals surface area contributed by atoms with Gasteiger partial charge in [0.2, 0.25) is 11.8 Å². The summed E-state index contributed by atoms with van der Waals surface area (Å²) < 4.78 is 0. The molecule has 2 aliphatic rings. The lowest BCUT2D eigenvalue weighted by Crippen LogP contribution is -2.52. The van der Waals surface area contributed by atoms with Crippen molar-refractivity contribution in [3.63, 3.8) is 0 Å². The van der Waals surface area contributed by atoms with E-state index < -0.39 is 0 Å². The van der Waals surface area contributed by atoms with Crippen LogP contribution >= 0.6 is 24.8 Å². The molecule has 6 nitrogen and oxygen atoms in total. The van der Waals surface area contributed by atoms with Crippen LogP contribution in [0.4, 0.5) is 5.69 Å². The van der Waals surface area contributed by atoms with Crippen LogP contribution in [-0.4, -0.2) is 55.0 Å². The van der Waals surface area contributed by atoms with Gasteiger partial charge in [-0.25, -0.2) is 0 Å². The Labute approximate surface area is 173 Å². The van der Waals surface area contributed by atoms with Crippen LogP contribution in [0.25, 0.3) is 0 Å². The molecule has 2 aliphatic heterocycles. The number of piperidine rings is 2. The average Bonchev–Trinajstić information content (AvgIpc) is 2.65.